The fraction of sp³-hybridized carbons (Fsp3) is 0.111. The number of carbonyl (C=O) groups is 1. The van der Waals surface area contributed by atoms with E-state index in [-0.39, 0.29) is 5.69 Å². The van der Waals surface area contributed by atoms with E-state index in [9.17, 15) is 4.79 Å². The zero-order chi connectivity index (χ0) is 18.1. The van der Waals surface area contributed by atoms with Crippen LogP contribution in [-0.4, -0.2) is 15.7 Å². The molecule has 0 aliphatic rings. The van der Waals surface area contributed by atoms with Gasteiger partial charge < -0.3 is 5.73 Å². The normalized spacial score (nSPS) is 10.9. The first kappa shape index (κ1) is 17.8. The Hall–Kier alpha value is -2.01. The quantitative estimate of drug-likeness (QED) is 0.679. The first-order chi connectivity index (χ1) is 11.9. The largest absolute Gasteiger partial charge is 0.364 e. The van der Waals surface area contributed by atoms with Crippen LogP contribution in [-0.2, 0) is 6.54 Å². The number of nitrogens with zero attached hydrogens (tertiary/aromatic N) is 2. The first-order valence-electron chi connectivity index (χ1n) is 7.44. The number of hydrogen-bond acceptors (Lipinski definition) is 2. The molecule has 0 aliphatic carbocycles. The molecule has 1 aromatic heterocycles. The van der Waals surface area contributed by atoms with E-state index in [4.69, 9.17) is 40.5 Å². The molecule has 0 radical (unpaired) electrons. The van der Waals surface area contributed by atoms with Crippen LogP contribution in [0.25, 0.3) is 11.3 Å². The van der Waals surface area contributed by atoms with Gasteiger partial charge in [0.05, 0.1) is 22.3 Å². The third kappa shape index (κ3) is 3.66. The zero-order valence-corrected chi connectivity index (χ0v) is 15.5. The zero-order valence-electron chi connectivity index (χ0n) is 13.3. The molecule has 0 saturated carbocycles. The van der Waals surface area contributed by atoms with Crippen LogP contribution in [0.15, 0.2) is 42.5 Å². The van der Waals surface area contributed by atoms with Crippen molar-refractivity contribution in [3.05, 3.63) is 74.4 Å². The molecule has 1 heterocycles. The van der Waals surface area contributed by atoms with Gasteiger partial charge in [0.25, 0.3) is 5.91 Å². The number of amides is 1. The standard InChI is InChI=1S/C18H14Cl3N3O/c1-10-16(18(22)25)23-24(9-11-2-7-14(20)15(21)8-11)17(10)12-3-5-13(19)6-4-12/h2-8H,9H2,1H3,(H2,22,25). The Morgan fingerprint density at radius 3 is 2.36 bits per heavy atom. The van der Waals surface area contributed by atoms with Gasteiger partial charge in [0, 0.05) is 16.1 Å². The van der Waals surface area contributed by atoms with E-state index in [0.717, 1.165) is 22.4 Å². The number of carbonyl (C=O) groups excluding carboxylic acids is 1. The Balaban J connectivity index is 2.11. The molecule has 3 rings (SSSR count). The maximum atomic E-state index is 11.7. The second-order valence-corrected chi connectivity index (χ2v) is 6.85. The van der Waals surface area contributed by atoms with Crippen molar-refractivity contribution in [2.24, 2.45) is 5.73 Å². The van der Waals surface area contributed by atoms with Crippen LogP contribution in [0.3, 0.4) is 0 Å². The number of hydrogen-bond donors (Lipinski definition) is 1. The second kappa shape index (κ2) is 7.08. The van der Waals surface area contributed by atoms with Crippen LogP contribution in [0.2, 0.25) is 15.1 Å². The molecule has 3 aromatic rings. The summed E-state index contributed by atoms with van der Waals surface area (Å²) < 4.78 is 1.73. The lowest BCUT2D eigenvalue weighted by atomic mass is 10.1. The molecule has 0 bridgehead atoms. The lowest BCUT2D eigenvalue weighted by Crippen LogP contribution is -2.13. The summed E-state index contributed by atoms with van der Waals surface area (Å²) in [5.74, 6) is -0.569. The molecule has 0 fully saturated rings. The topological polar surface area (TPSA) is 60.9 Å². The molecule has 7 heteroatoms. The van der Waals surface area contributed by atoms with Crippen LogP contribution >= 0.6 is 34.8 Å². The molecule has 1 amide bonds. The van der Waals surface area contributed by atoms with E-state index in [0.29, 0.717) is 21.6 Å². The molecule has 128 valence electrons. The maximum Gasteiger partial charge on any atom is 0.269 e. The van der Waals surface area contributed by atoms with Crippen LogP contribution in [0.4, 0.5) is 0 Å². The maximum absolute atomic E-state index is 11.7. The molecule has 0 atom stereocenters. The summed E-state index contributed by atoms with van der Waals surface area (Å²) in [6, 6.07) is 12.7. The Labute approximate surface area is 160 Å². The van der Waals surface area contributed by atoms with Gasteiger partial charge in [-0.05, 0) is 36.8 Å². The highest BCUT2D eigenvalue weighted by Crippen LogP contribution is 2.29. The summed E-state index contributed by atoms with van der Waals surface area (Å²) in [7, 11) is 0. The van der Waals surface area contributed by atoms with E-state index >= 15 is 0 Å². The van der Waals surface area contributed by atoms with Gasteiger partial charge >= 0.3 is 0 Å². The second-order valence-electron chi connectivity index (χ2n) is 5.60. The molecular formula is C18H14Cl3N3O. The summed E-state index contributed by atoms with van der Waals surface area (Å²) in [6.07, 6.45) is 0. The van der Waals surface area contributed by atoms with Crippen molar-refractivity contribution in [1.82, 2.24) is 9.78 Å². The van der Waals surface area contributed by atoms with E-state index in [1.165, 1.54) is 0 Å². The Bertz CT molecular complexity index is 949. The smallest absolute Gasteiger partial charge is 0.269 e. The predicted octanol–water partition coefficient (Wildman–Crippen LogP) is 4.97. The number of primary amides is 1. The van der Waals surface area contributed by atoms with Crippen molar-refractivity contribution in [3.8, 4) is 11.3 Å². The minimum atomic E-state index is -0.569. The Kier molecular flexibility index (Phi) is 5.04. The fourth-order valence-electron chi connectivity index (χ4n) is 2.68. The molecular weight excluding hydrogens is 381 g/mol. The van der Waals surface area contributed by atoms with Crippen molar-refractivity contribution in [1.29, 1.82) is 0 Å². The number of rotatable bonds is 4. The minimum Gasteiger partial charge on any atom is -0.364 e. The molecule has 0 unspecified atom stereocenters. The molecule has 0 saturated heterocycles. The summed E-state index contributed by atoms with van der Waals surface area (Å²) in [4.78, 5) is 11.7. The summed E-state index contributed by atoms with van der Waals surface area (Å²) in [5.41, 5.74) is 9.02. The first-order valence-corrected chi connectivity index (χ1v) is 8.57. The van der Waals surface area contributed by atoms with Gasteiger partial charge in [0.2, 0.25) is 0 Å². The average molecular weight is 395 g/mol. The van der Waals surface area contributed by atoms with E-state index in [1.54, 1.807) is 28.9 Å². The lowest BCUT2D eigenvalue weighted by molar-refractivity contribution is 0.0994. The van der Waals surface area contributed by atoms with Gasteiger partial charge in [0.15, 0.2) is 5.69 Å². The SMILES string of the molecule is Cc1c(C(N)=O)nn(Cc2ccc(Cl)c(Cl)c2)c1-c1ccc(Cl)cc1. The third-order valence-corrected chi connectivity index (χ3v) is 4.85. The molecule has 25 heavy (non-hydrogen) atoms. The molecule has 0 aliphatic heterocycles. The number of halogens is 3. The van der Waals surface area contributed by atoms with Crippen molar-refractivity contribution in [3.63, 3.8) is 0 Å². The van der Waals surface area contributed by atoms with Crippen molar-refractivity contribution >= 4 is 40.7 Å². The van der Waals surface area contributed by atoms with Gasteiger partial charge in [-0.15, -0.1) is 0 Å². The van der Waals surface area contributed by atoms with E-state index < -0.39 is 5.91 Å². The molecule has 4 nitrogen and oxygen atoms in total. The lowest BCUT2D eigenvalue weighted by Gasteiger charge is -2.10. The predicted molar refractivity (Wildman–Crippen MR) is 101 cm³/mol. The average Bonchev–Trinajstić information content (AvgIpc) is 2.88. The van der Waals surface area contributed by atoms with Gasteiger partial charge in [0.1, 0.15) is 0 Å². The van der Waals surface area contributed by atoms with E-state index in [1.807, 2.05) is 25.1 Å². The Morgan fingerprint density at radius 2 is 1.76 bits per heavy atom. The van der Waals surface area contributed by atoms with Crippen molar-refractivity contribution in [2.45, 2.75) is 13.5 Å². The number of aromatic nitrogens is 2. The Morgan fingerprint density at radius 1 is 1.08 bits per heavy atom. The summed E-state index contributed by atoms with van der Waals surface area (Å²) >= 11 is 18.0. The number of nitrogens with two attached hydrogens (primary N) is 1. The highest BCUT2D eigenvalue weighted by Gasteiger charge is 2.19. The molecule has 0 spiro atoms. The minimum absolute atomic E-state index is 0.241. The fourth-order valence-corrected chi connectivity index (χ4v) is 3.13. The van der Waals surface area contributed by atoms with Gasteiger partial charge in [-0.25, -0.2) is 0 Å². The van der Waals surface area contributed by atoms with Crippen molar-refractivity contribution < 1.29 is 4.79 Å². The molecule has 2 aromatic carbocycles. The van der Waals surface area contributed by atoms with Gasteiger partial charge in [-0.3, -0.25) is 9.48 Å². The summed E-state index contributed by atoms with van der Waals surface area (Å²) in [5, 5.41) is 5.97. The van der Waals surface area contributed by atoms with Crippen LogP contribution in [0.5, 0.6) is 0 Å². The summed E-state index contributed by atoms with van der Waals surface area (Å²) in [6.45, 7) is 2.24. The number of benzene rings is 2. The van der Waals surface area contributed by atoms with Crippen molar-refractivity contribution in [2.75, 3.05) is 0 Å². The van der Waals surface area contributed by atoms with Gasteiger partial charge in [-0.1, -0.05) is 53.0 Å². The van der Waals surface area contributed by atoms with Crippen LogP contribution in [0, 0.1) is 6.92 Å². The monoisotopic (exact) mass is 393 g/mol. The third-order valence-electron chi connectivity index (χ3n) is 3.86. The van der Waals surface area contributed by atoms with Crippen LogP contribution in [0.1, 0.15) is 21.6 Å². The highest BCUT2D eigenvalue weighted by atomic mass is 35.5. The molecule has 2 N–H and O–H groups in total. The van der Waals surface area contributed by atoms with Crippen LogP contribution < -0.4 is 5.73 Å². The highest BCUT2D eigenvalue weighted by molar-refractivity contribution is 6.42. The van der Waals surface area contributed by atoms with Gasteiger partial charge in [-0.2, -0.15) is 5.10 Å². The van der Waals surface area contributed by atoms with E-state index in [2.05, 4.69) is 5.10 Å².